The Bertz CT molecular complexity index is 1500. The van der Waals surface area contributed by atoms with Gasteiger partial charge in [-0.15, -0.1) is 0 Å². The fraction of sp³-hybridized carbons (Fsp3) is 0.815. The molecule has 5 atom stereocenters. The van der Waals surface area contributed by atoms with Crippen molar-refractivity contribution in [2.24, 2.45) is 23.2 Å². The van der Waals surface area contributed by atoms with Crippen LogP contribution in [0.15, 0.2) is 29.9 Å². The van der Waals surface area contributed by atoms with Crippen LogP contribution in [0.2, 0.25) is 18.6 Å². The number of fused-ring (bicyclic) bond motifs is 5. The predicted molar refractivity (Wildman–Crippen MR) is 253 cm³/mol. The van der Waals surface area contributed by atoms with Crippen LogP contribution >= 0.6 is 0 Å². The summed E-state index contributed by atoms with van der Waals surface area (Å²) in [6, 6.07) is 6.37. The van der Waals surface area contributed by atoms with Crippen molar-refractivity contribution in [1.82, 2.24) is 4.67 Å². The van der Waals surface area contributed by atoms with Gasteiger partial charge >= 0.3 is 0 Å². The molecule has 5 aliphatic rings. The van der Waals surface area contributed by atoms with E-state index in [1.165, 1.54) is 173 Å². The predicted octanol–water partition coefficient (Wildman–Crippen LogP) is 15.9. The number of benzene rings is 1. The molecule has 1 aromatic rings. The first-order valence-corrected chi connectivity index (χ1v) is 28.5. The van der Waals surface area contributed by atoms with Gasteiger partial charge in [0.15, 0.2) is 8.24 Å². The Kier molecular flexibility index (Phi) is 15.7. The zero-order valence-corrected chi connectivity index (χ0v) is 40.7. The summed E-state index contributed by atoms with van der Waals surface area (Å²) in [6.07, 6.45) is 43.6. The van der Waals surface area contributed by atoms with Crippen molar-refractivity contribution >= 4 is 13.8 Å². The second kappa shape index (κ2) is 19.7. The Labute approximate surface area is 356 Å². The first-order chi connectivity index (χ1) is 27.3. The van der Waals surface area contributed by atoms with Crippen molar-refractivity contribution in [3.8, 4) is 0 Å². The molecule has 0 N–H and O–H groups in total. The zero-order valence-electron chi connectivity index (χ0n) is 39.7. The lowest BCUT2D eigenvalue weighted by Crippen LogP contribution is -2.69. The molecule has 322 valence electrons. The second-order valence-corrected chi connectivity index (χ2v) is 27.1. The average Bonchev–Trinajstić information content (AvgIpc) is 3.76. The van der Waals surface area contributed by atoms with Crippen LogP contribution in [-0.4, -0.2) is 44.7 Å². The maximum Gasteiger partial charge on any atom is 0.191 e. The van der Waals surface area contributed by atoms with Crippen molar-refractivity contribution in [2.45, 2.75) is 238 Å². The molecule has 0 saturated heterocycles. The van der Waals surface area contributed by atoms with Crippen LogP contribution < -0.4 is 0 Å². The van der Waals surface area contributed by atoms with Gasteiger partial charge in [0.1, 0.15) is 0 Å². The quantitative estimate of drug-likeness (QED) is 0.0461. The highest BCUT2D eigenvalue weighted by atomic mass is 28.3. The molecule has 5 aliphatic carbocycles. The Balaban J connectivity index is 1.21. The van der Waals surface area contributed by atoms with Crippen molar-refractivity contribution in [1.29, 1.82) is 0 Å². The number of hydrogen-bond acceptors (Lipinski definition) is 1. The minimum atomic E-state index is -1.84. The van der Waals surface area contributed by atoms with Crippen LogP contribution in [0, 0.1) is 23.2 Å². The van der Waals surface area contributed by atoms with E-state index in [-0.39, 0.29) is 5.41 Å². The molecule has 5 unspecified atom stereocenters. The molecule has 2 saturated carbocycles. The van der Waals surface area contributed by atoms with Crippen LogP contribution in [0.3, 0.4) is 0 Å². The van der Waals surface area contributed by atoms with Gasteiger partial charge in [-0.1, -0.05) is 194 Å². The lowest BCUT2D eigenvalue weighted by Gasteiger charge is -2.54. The van der Waals surface area contributed by atoms with Crippen molar-refractivity contribution in [3.63, 3.8) is 0 Å². The van der Waals surface area contributed by atoms with Crippen molar-refractivity contribution in [3.05, 3.63) is 52.1 Å². The van der Waals surface area contributed by atoms with Crippen molar-refractivity contribution < 1.29 is 4.59 Å². The van der Waals surface area contributed by atoms with E-state index in [0.717, 1.165) is 22.1 Å². The number of rotatable bonds is 23. The summed E-state index contributed by atoms with van der Waals surface area (Å²) in [5.41, 5.74) is 11.8. The minimum absolute atomic E-state index is 0.201. The molecule has 2 nitrogen and oxygen atoms in total. The smallest absolute Gasteiger partial charge is 0.191 e. The van der Waals surface area contributed by atoms with E-state index in [1.54, 1.807) is 33.4 Å². The highest BCUT2D eigenvalue weighted by Gasteiger charge is 2.58. The fourth-order valence-electron chi connectivity index (χ4n) is 14.4. The summed E-state index contributed by atoms with van der Waals surface area (Å²) in [5, 5.41) is 0. The van der Waals surface area contributed by atoms with E-state index >= 15 is 0 Å². The van der Waals surface area contributed by atoms with Gasteiger partial charge < -0.3 is 0 Å². The number of quaternary nitrogens is 1. The number of hydrogen-bond donors (Lipinski definition) is 0. The van der Waals surface area contributed by atoms with Crippen LogP contribution in [0.1, 0.15) is 217 Å². The summed E-state index contributed by atoms with van der Waals surface area (Å²) >= 11 is 0. The number of allylic oxidation sites excluding steroid dienone is 4. The number of nitrogens with zero attached hydrogens (tertiary/aromatic N) is 2. The highest BCUT2D eigenvalue weighted by molar-refractivity contribution is 6.76. The summed E-state index contributed by atoms with van der Waals surface area (Å²) in [6.45, 7) is 18.1. The van der Waals surface area contributed by atoms with Crippen LogP contribution in [0.4, 0.5) is 0 Å². The summed E-state index contributed by atoms with van der Waals surface area (Å²) < 4.78 is 4.14. The molecule has 0 spiro atoms. The van der Waals surface area contributed by atoms with Crippen LogP contribution in [-0.2, 0) is 18.3 Å². The molecule has 0 aromatic heterocycles. The first-order valence-electron chi connectivity index (χ1n) is 25.5. The van der Waals surface area contributed by atoms with E-state index in [0.29, 0.717) is 17.3 Å². The molecule has 0 bridgehead atoms. The van der Waals surface area contributed by atoms with E-state index in [9.17, 15) is 0 Å². The molecule has 57 heavy (non-hydrogen) atoms. The molecule has 6 rings (SSSR count). The van der Waals surface area contributed by atoms with E-state index in [1.807, 2.05) is 0 Å². The summed E-state index contributed by atoms with van der Waals surface area (Å²) in [5.74, 6) is 2.18. The molecule has 0 amide bonds. The Hall–Kier alpha value is -1.16. The normalized spacial score (nSPS) is 27.0. The van der Waals surface area contributed by atoms with Gasteiger partial charge in [-0.25, -0.2) is 0 Å². The van der Waals surface area contributed by atoms with E-state index < -0.39 is 8.24 Å². The first kappa shape index (κ1) is 45.4. The Morgan fingerprint density at radius 1 is 0.684 bits per heavy atom. The third kappa shape index (κ3) is 9.98. The molecular weight excluding hydrogens is 705 g/mol. The molecule has 0 heterocycles. The molecule has 2 fully saturated rings. The van der Waals surface area contributed by atoms with Crippen LogP contribution in [0.25, 0.3) is 5.57 Å². The monoisotopic (exact) mass is 798 g/mol. The van der Waals surface area contributed by atoms with Gasteiger partial charge in [-0.2, -0.15) is 4.67 Å². The maximum atomic E-state index is 3.14. The summed E-state index contributed by atoms with van der Waals surface area (Å²) in [4.78, 5) is 0. The zero-order chi connectivity index (χ0) is 40.8. The largest absolute Gasteiger partial charge is 0.258 e. The SMILES string of the molecule is CCCCCCCCCCCCCCC1(C)Cc2cc3c(cc2C1)C(CCCC)(CCCC)C1=CC2C(C=C13)CC(C)C2[Si](C)(C)N(C1CCCCC1)[N+](C)(C)C. The van der Waals surface area contributed by atoms with E-state index in [2.05, 4.69) is 97.8 Å². The van der Waals surface area contributed by atoms with Gasteiger partial charge in [-0.3, -0.25) is 4.59 Å². The van der Waals surface area contributed by atoms with Gasteiger partial charge in [0.2, 0.25) is 0 Å². The minimum Gasteiger partial charge on any atom is -0.258 e. The average molecular weight is 798 g/mol. The van der Waals surface area contributed by atoms with Gasteiger partial charge in [0, 0.05) is 11.5 Å². The molecule has 3 heteroatoms. The standard InChI is InChI=1S/C54H93N2Si/c1-11-14-17-18-19-20-21-22-23-24-25-29-32-53(5)40-44-37-49-48-36-43-35-42(4)52(57(9,10)55(56(6,7)8)46-30-27-26-28-31-46)47(43)39-51(48)54(33-15-12-2,34-16-13-3)50(49)38-45(44)41-53/h36-39,42-43,46-47,52H,11-35,40-41H2,1-10H3/q+1. The molecule has 1 aromatic carbocycles. The number of unbranched alkanes of at least 4 members (excludes halogenated alkanes) is 13. The third-order valence-corrected chi connectivity index (χ3v) is 21.3. The Morgan fingerprint density at radius 2 is 1.23 bits per heavy atom. The van der Waals surface area contributed by atoms with Gasteiger partial charge in [0.25, 0.3) is 0 Å². The van der Waals surface area contributed by atoms with Gasteiger partial charge in [-0.05, 0) is 113 Å². The molecule has 0 aliphatic heterocycles. The third-order valence-electron chi connectivity index (χ3n) is 16.6. The second-order valence-electron chi connectivity index (χ2n) is 22.6. The van der Waals surface area contributed by atoms with E-state index in [4.69, 9.17) is 0 Å². The maximum absolute atomic E-state index is 3.14. The van der Waals surface area contributed by atoms with Gasteiger partial charge in [0.05, 0.1) is 21.1 Å². The summed E-state index contributed by atoms with van der Waals surface area (Å²) in [7, 11) is 5.64. The topological polar surface area (TPSA) is 3.24 Å². The molecular formula is C54H93N2Si+. The lowest BCUT2D eigenvalue weighted by atomic mass is 9.68. The fourth-order valence-corrected chi connectivity index (χ4v) is 20.2. The van der Waals surface area contributed by atoms with Crippen LogP contribution in [0.5, 0.6) is 0 Å². The lowest BCUT2D eigenvalue weighted by molar-refractivity contribution is -0.975. The van der Waals surface area contributed by atoms with Crippen molar-refractivity contribution in [2.75, 3.05) is 21.1 Å². The highest BCUT2D eigenvalue weighted by Crippen LogP contribution is 2.63. The Morgan fingerprint density at radius 3 is 1.79 bits per heavy atom. The molecule has 0 radical (unpaired) electrons.